The average Bonchev–Trinajstić information content (AvgIpc) is 2.84. The van der Waals surface area contributed by atoms with E-state index >= 15 is 0 Å². The van der Waals surface area contributed by atoms with Gasteiger partial charge in [0.2, 0.25) is 5.43 Å². The standard InChI is InChI=1S/C15H12O3/c1-9-5-6-12-11(8-9)15(16)14(10(2)18-12)13-4-3-7-17-13/h3-8H,1-2H3. The van der Waals surface area contributed by atoms with Crippen molar-refractivity contribution in [3.63, 3.8) is 0 Å². The molecule has 0 unspecified atom stereocenters. The molecule has 3 heteroatoms. The number of fused-ring (bicyclic) bond motifs is 1. The fourth-order valence-corrected chi connectivity index (χ4v) is 2.13. The molecule has 0 aliphatic rings. The molecule has 0 bridgehead atoms. The summed E-state index contributed by atoms with van der Waals surface area (Å²) < 4.78 is 11.0. The van der Waals surface area contributed by atoms with Gasteiger partial charge in [0.05, 0.1) is 11.6 Å². The summed E-state index contributed by atoms with van der Waals surface area (Å²) in [7, 11) is 0. The summed E-state index contributed by atoms with van der Waals surface area (Å²) in [6, 6.07) is 9.12. The van der Waals surface area contributed by atoms with Gasteiger partial charge < -0.3 is 8.83 Å². The molecule has 2 aromatic heterocycles. The van der Waals surface area contributed by atoms with Crippen LogP contribution in [0.3, 0.4) is 0 Å². The van der Waals surface area contributed by atoms with Gasteiger partial charge in [0.25, 0.3) is 0 Å². The molecule has 0 aliphatic heterocycles. The number of aryl methyl sites for hydroxylation is 2. The minimum Gasteiger partial charge on any atom is -0.464 e. The van der Waals surface area contributed by atoms with Gasteiger partial charge in [-0.2, -0.15) is 0 Å². The maximum absolute atomic E-state index is 12.5. The first-order valence-electron chi connectivity index (χ1n) is 5.75. The van der Waals surface area contributed by atoms with E-state index in [1.807, 2.05) is 25.1 Å². The number of furan rings is 1. The van der Waals surface area contributed by atoms with Gasteiger partial charge in [-0.15, -0.1) is 0 Å². The van der Waals surface area contributed by atoms with Crippen LogP contribution >= 0.6 is 0 Å². The molecule has 0 aliphatic carbocycles. The highest BCUT2D eigenvalue weighted by Gasteiger charge is 2.15. The molecule has 0 fully saturated rings. The van der Waals surface area contributed by atoms with E-state index < -0.39 is 0 Å². The van der Waals surface area contributed by atoms with Crippen molar-refractivity contribution in [2.75, 3.05) is 0 Å². The van der Waals surface area contributed by atoms with Gasteiger partial charge in [0, 0.05) is 0 Å². The fourth-order valence-electron chi connectivity index (χ4n) is 2.13. The van der Waals surface area contributed by atoms with Crippen LogP contribution in [0.15, 0.2) is 50.2 Å². The lowest BCUT2D eigenvalue weighted by molar-refractivity contribution is 0.549. The smallest absolute Gasteiger partial charge is 0.203 e. The Kier molecular flexibility index (Phi) is 2.33. The normalized spacial score (nSPS) is 11.0. The van der Waals surface area contributed by atoms with Crippen molar-refractivity contribution in [2.45, 2.75) is 13.8 Å². The van der Waals surface area contributed by atoms with Crippen LogP contribution in [0.1, 0.15) is 11.3 Å². The minimum atomic E-state index is -0.0487. The summed E-state index contributed by atoms with van der Waals surface area (Å²) in [6.07, 6.45) is 1.55. The van der Waals surface area contributed by atoms with Crippen LogP contribution < -0.4 is 5.43 Å². The Bertz CT molecular complexity index is 764. The van der Waals surface area contributed by atoms with Crippen molar-refractivity contribution < 1.29 is 8.83 Å². The van der Waals surface area contributed by atoms with Crippen molar-refractivity contribution in [2.24, 2.45) is 0 Å². The zero-order valence-corrected chi connectivity index (χ0v) is 10.2. The van der Waals surface area contributed by atoms with E-state index in [-0.39, 0.29) is 5.43 Å². The molecule has 0 amide bonds. The molecule has 0 spiro atoms. The molecule has 3 aromatic rings. The predicted molar refractivity (Wildman–Crippen MR) is 69.7 cm³/mol. The lowest BCUT2D eigenvalue weighted by Crippen LogP contribution is -2.07. The first-order valence-corrected chi connectivity index (χ1v) is 5.75. The first-order chi connectivity index (χ1) is 8.66. The van der Waals surface area contributed by atoms with Gasteiger partial charge in [-0.3, -0.25) is 4.79 Å². The van der Waals surface area contributed by atoms with Crippen molar-refractivity contribution in [3.05, 3.63) is 58.1 Å². The largest absolute Gasteiger partial charge is 0.464 e. The zero-order chi connectivity index (χ0) is 12.7. The quantitative estimate of drug-likeness (QED) is 0.651. The minimum absolute atomic E-state index is 0.0487. The Labute approximate surface area is 104 Å². The maximum atomic E-state index is 12.5. The molecular formula is C15H12O3. The number of benzene rings is 1. The van der Waals surface area contributed by atoms with Crippen LogP contribution in [0, 0.1) is 13.8 Å². The van der Waals surface area contributed by atoms with E-state index in [1.54, 1.807) is 25.3 Å². The van der Waals surface area contributed by atoms with E-state index in [4.69, 9.17) is 8.83 Å². The number of rotatable bonds is 1. The van der Waals surface area contributed by atoms with Crippen molar-refractivity contribution in [1.82, 2.24) is 0 Å². The molecule has 3 nitrogen and oxygen atoms in total. The van der Waals surface area contributed by atoms with Gasteiger partial charge in [-0.05, 0) is 38.1 Å². The van der Waals surface area contributed by atoms with E-state index in [1.165, 1.54) is 0 Å². The second-order valence-electron chi connectivity index (χ2n) is 4.34. The highest BCUT2D eigenvalue weighted by Crippen LogP contribution is 2.24. The van der Waals surface area contributed by atoms with Crippen LogP contribution in [0.2, 0.25) is 0 Å². The van der Waals surface area contributed by atoms with Gasteiger partial charge in [-0.1, -0.05) is 11.6 Å². The van der Waals surface area contributed by atoms with E-state index in [0.717, 1.165) is 5.56 Å². The van der Waals surface area contributed by atoms with Gasteiger partial charge in [0.1, 0.15) is 22.7 Å². The number of hydrogen-bond donors (Lipinski definition) is 0. The van der Waals surface area contributed by atoms with Crippen molar-refractivity contribution in [3.8, 4) is 11.3 Å². The van der Waals surface area contributed by atoms with Gasteiger partial charge in [-0.25, -0.2) is 0 Å². The van der Waals surface area contributed by atoms with E-state index in [0.29, 0.717) is 28.1 Å². The summed E-state index contributed by atoms with van der Waals surface area (Å²) in [5.41, 5.74) is 2.09. The topological polar surface area (TPSA) is 43.4 Å². The molecular weight excluding hydrogens is 228 g/mol. The third-order valence-electron chi connectivity index (χ3n) is 2.99. The summed E-state index contributed by atoms with van der Waals surface area (Å²) in [5, 5.41) is 0.590. The van der Waals surface area contributed by atoms with Gasteiger partial charge in [0.15, 0.2) is 0 Å². The molecule has 18 heavy (non-hydrogen) atoms. The Hall–Kier alpha value is -2.29. The molecule has 0 radical (unpaired) electrons. The highest BCUT2D eigenvalue weighted by molar-refractivity contribution is 5.82. The second-order valence-corrected chi connectivity index (χ2v) is 4.34. The van der Waals surface area contributed by atoms with E-state index in [2.05, 4.69) is 0 Å². The molecule has 2 heterocycles. The Balaban J connectivity index is 2.43. The third-order valence-corrected chi connectivity index (χ3v) is 2.99. The molecule has 0 saturated heterocycles. The van der Waals surface area contributed by atoms with Crippen molar-refractivity contribution in [1.29, 1.82) is 0 Å². The van der Waals surface area contributed by atoms with Crippen LogP contribution in [-0.4, -0.2) is 0 Å². The predicted octanol–water partition coefficient (Wildman–Crippen LogP) is 3.67. The fraction of sp³-hybridized carbons (Fsp3) is 0.133. The lowest BCUT2D eigenvalue weighted by Gasteiger charge is -2.05. The molecule has 1 aromatic carbocycles. The summed E-state index contributed by atoms with van der Waals surface area (Å²) >= 11 is 0. The SMILES string of the molecule is Cc1ccc2oc(C)c(-c3ccco3)c(=O)c2c1. The number of hydrogen-bond acceptors (Lipinski definition) is 3. The van der Waals surface area contributed by atoms with Crippen LogP contribution in [0.5, 0.6) is 0 Å². The Morgan fingerprint density at radius 1 is 1.11 bits per heavy atom. The van der Waals surface area contributed by atoms with Crippen molar-refractivity contribution >= 4 is 11.0 Å². The molecule has 0 atom stereocenters. The summed E-state index contributed by atoms with van der Waals surface area (Å²) in [4.78, 5) is 12.5. The highest BCUT2D eigenvalue weighted by atomic mass is 16.3. The monoisotopic (exact) mass is 240 g/mol. The molecule has 3 rings (SSSR count). The van der Waals surface area contributed by atoms with Gasteiger partial charge >= 0.3 is 0 Å². The summed E-state index contributed by atoms with van der Waals surface area (Å²) in [5.74, 6) is 1.12. The molecule has 0 saturated carbocycles. The van der Waals surface area contributed by atoms with Crippen LogP contribution in [0.25, 0.3) is 22.3 Å². The van der Waals surface area contributed by atoms with Crippen LogP contribution in [-0.2, 0) is 0 Å². The van der Waals surface area contributed by atoms with E-state index in [9.17, 15) is 4.79 Å². The Morgan fingerprint density at radius 3 is 2.67 bits per heavy atom. The maximum Gasteiger partial charge on any atom is 0.203 e. The molecule has 0 N–H and O–H groups in total. The van der Waals surface area contributed by atoms with Crippen LogP contribution in [0.4, 0.5) is 0 Å². The average molecular weight is 240 g/mol. The summed E-state index contributed by atoms with van der Waals surface area (Å²) in [6.45, 7) is 3.73. The Morgan fingerprint density at radius 2 is 1.94 bits per heavy atom. The second kappa shape index (κ2) is 3.88. The zero-order valence-electron chi connectivity index (χ0n) is 10.2. The molecule has 90 valence electrons. The lowest BCUT2D eigenvalue weighted by atomic mass is 10.1. The third kappa shape index (κ3) is 1.56. The first kappa shape index (κ1) is 10.8.